The highest BCUT2D eigenvalue weighted by atomic mass is 79.9. The SMILES string of the molecule is CCNS(=O)(=O)c1ccc(S(C)(=O)=O)c(Oc2ccc(Br)cc2Cl)c1N. The second kappa shape index (κ2) is 7.73. The minimum atomic E-state index is -3.93. The minimum Gasteiger partial charge on any atom is -0.452 e. The molecule has 0 saturated carbocycles. The van der Waals surface area contributed by atoms with Gasteiger partial charge in [0.05, 0.1) is 10.7 Å². The van der Waals surface area contributed by atoms with Crippen molar-refractivity contribution in [3.05, 3.63) is 39.8 Å². The maximum absolute atomic E-state index is 12.3. The Kier molecular flexibility index (Phi) is 6.24. The van der Waals surface area contributed by atoms with Crippen molar-refractivity contribution in [3.63, 3.8) is 0 Å². The van der Waals surface area contributed by atoms with E-state index in [9.17, 15) is 16.8 Å². The number of hydrogen-bond acceptors (Lipinski definition) is 6. The van der Waals surface area contributed by atoms with Crippen molar-refractivity contribution < 1.29 is 21.6 Å². The monoisotopic (exact) mass is 482 g/mol. The topological polar surface area (TPSA) is 116 Å². The molecule has 7 nitrogen and oxygen atoms in total. The van der Waals surface area contributed by atoms with Crippen LogP contribution >= 0.6 is 27.5 Å². The lowest BCUT2D eigenvalue weighted by Gasteiger charge is -2.16. The molecule has 0 aromatic heterocycles. The molecule has 26 heavy (non-hydrogen) atoms. The number of hydrogen-bond donors (Lipinski definition) is 2. The molecule has 0 aliphatic rings. The van der Waals surface area contributed by atoms with E-state index in [1.54, 1.807) is 19.1 Å². The van der Waals surface area contributed by atoms with Crippen molar-refractivity contribution >= 4 is 53.1 Å². The van der Waals surface area contributed by atoms with Crippen molar-refractivity contribution in [1.29, 1.82) is 0 Å². The molecular formula is C15H16BrClN2O5S2. The molecule has 0 bridgehead atoms. The lowest BCUT2D eigenvalue weighted by molar-refractivity contribution is 0.468. The molecule has 0 fully saturated rings. The number of anilines is 1. The van der Waals surface area contributed by atoms with Crippen LogP contribution < -0.4 is 15.2 Å². The molecule has 0 radical (unpaired) electrons. The lowest BCUT2D eigenvalue weighted by atomic mass is 10.3. The molecule has 0 saturated heterocycles. The standard InChI is InChI=1S/C15H16BrClN2O5S2/c1-3-19-26(22,23)12-6-7-13(25(2,20)21)15(14(12)18)24-11-5-4-9(16)8-10(11)17/h4-8,19H,3,18H2,1-2H3. The van der Waals surface area contributed by atoms with Gasteiger partial charge in [-0.15, -0.1) is 0 Å². The van der Waals surface area contributed by atoms with Crippen molar-refractivity contribution in [1.82, 2.24) is 4.72 Å². The summed E-state index contributed by atoms with van der Waals surface area (Å²) in [5.74, 6) is -0.167. The molecule has 2 aromatic rings. The van der Waals surface area contributed by atoms with Crippen molar-refractivity contribution in [2.24, 2.45) is 0 Å². The first-order valence-corrected chi connectivity index (χ1v) is 11.8. The average molecular weight is 484 g/mol. The van der Waals surface area contributed by atoms with Gasteiger partial charge in [0.1, 0.15) is 15.5 Å². The average Bonchev–Trinajstić information content (AvgIpc) is 2.50. The van der Waals surface area contributed by atoms with Gasteiger partial charge < -0.3 is 10.5 Å². The zero-order chi connectivity index (χ0) is 19.7. The normalized spacial score (nSPS) is 12.2. The van der Waals surface area contributed by atoms with E-state index < -0.39 is 19.9 Å². The van der Waals surface area contributed by atoms with Gasteiger partial charge in [0.2, 0.25) is 10.0 Å². The number of nitrogen functional groups attached to an aromatic ring is 1. The highest BCUT2D eigenvalue weighted by Crippen LogP contribution is 2.40. The molecule has 2 rings (SSSR count). The summed E-state index contributed by atoms with van der Waals surface area (Å²) in [6, 6.07) is 6.95. The van der Waals surface area contributed by atoms with Crippen LogP contribution in [0.2, 0.25) is 5.02 Å². The summed E-state index contributed by atoms with van der Waals surface area (Å²) in [6.45, 7) is 1.75. The summed E-state index contributed by atoms with van der Waals surface area (Å²) < 4.78 is 57.4. The Hall–Kier alpha value is -1.33. The summed E-state index contributed by atoms with van der Waals surface area (Å²) in [5, 5.41) is 0.193. The number of halogens is 2. The molecule has 0 aliphatic carbocycles. The molecule has 0 atom stereocenters. The van der Waals surface area contributed by atoms with Gasteiger partial charge in [0.25, 0.3) is 0 Å². The maximum atomic E-state index is 12.3. The van der Waals surface area contributed by atoms with Crippen LogP contribution in [0.5, 0.6) is 11.5 Å². The fourth-order valence-corrected chi connectivity index (χ4v) is 4.81. The minimum absolute atomic E-state index is 0.129. The predicted molar refractivity (Wildman–Crippen MR) is 104 cm³/mol. The van der Waals surface area contributed by atoms with Crippen molar-refractivity contribution in [3.8, 4) is 11.5 Å². The first-order valence-electron chi connectivity index (χ1n) is 7.22. The largest absolute Gasteiger partial charge is 0.452 e. The van der Waals surface area contributed by atoms with Crippen LogP contribution in [0.3, 0.4) is 0 Å². The number of rotatable bonds is 6. The van der Waals surface area contributed by atoms with Gasteiger partial charge in [-0.25, -0.2) is 21.6 Å². The Morgan fingerprint density at radius 2 is 1.77 bits per heavy atom. The van der Waals surface area contributed by atoms with Crippen molar-refractivity contribution in [2.45, 2.75) is 16.7 Å². The lowest BCUT2D eigenvalue weighted by Crippen LogP contribution is -2.24. The molecule has 0 amide bonds. The van der Waals surface area contributed by atoms with E-state index in [-0.39, 0.29) is 38.5 Å². The molecule has 0 unspecified atom stereocenters. The zero-order valence-electron chi connectivity index (χ0n) is 13.8. The van der Waals surface area contributed by atoms with Crippen LogP contribution in [0, 0.1) is 0 Å². The fraction of sp³-hybridized carbons (Fsp3) is 0.200. The Morgan fingerprint density at radius 3 is 2.31 bits per heavy atom. The van der Waals surface area contributed by atoms with E-state index >= 15 is 0 Å². The predicted octanol–water partition coefficient (Wildman–Crippen LogP) is 3.18. The quantitative estimate of drug-likeness (QED) is 0.610. The summed E-state index contributed by atoms with van der Waals surface area (Å²) in [4.78, 5) is -0.528. The number of sulfonamides is 1. The van der Waals surface area contributed by atoms with Gasteiger partial charge in [0.15, 0.2) is 15.6 Å². The summed E-state index contributed by atoms with van der Waals surface area (Å²) in [7, 11) is -7.67. The van der Waals surface area contributed by atoms with Crippen LogP contribution in [-0.2, 0) is 19.9 Å². The van der Waals surface area contributed by atoms with E-state index in [0.29, 0.717) is 4.47 Å². The van der Waals surface area contributed by atoms with Crippen LogP contribution in [0.4, 0.5) is 5.69 Å². The molecule has 11 heteroatoms. The van der Waals surface area contributed by atoms with E-state index in [1.165, 1.54) is 6.07 Å². The summed E-state index contributed by atoms with van der Waals surface area (Å²) in [6.07, 6.45) is 0.969. The first kappa shape index (κ1) is 21.0. The molecule has 0 aliphatic heterocycles. The smallest absolute Gasteiger partial charge is 0.242 e. The van der Waals surface area contributed by atoms with E-state index in [1.807, 2.05) is 0 Å². The fourth-order valence-electron chi connectivity index (χ4n) is 2.13. The van der Waals surface area contributed by atoms with Crippen molar-refractivity contribution in [2.75, 3.05) is 18.5 Å². The van der Waals surface area contributed by atoms with Gasteiger partial charge in [-0.2, -0.15) is 0 Å². The summed E-state index contributed by atoms with van der Waals surface area (Å²) in [5.41, 5.74) is 5.64. The van der Waals surface area contributed by atoms with Gasteiger partial charge in [0, 0.05) is 17.3 Å². The third-order valence-electron chi connectivity index (χ3n) is 3.25. The Labute approximate surface area is 165 Å². The summed E-state index contributed by atoms with van der Waals surface area (Å²) >= 11 is 9.35. The van der Waals surface area contributed by atoms with Gasteiger partial charge in [-0.05, 0) is 30.3 Å². The highest BCUT2D eigenvalue weighted by molar-refractivity contribution is 9.10. The first-order chi connectivity index (χ1) is 12.0. The molecule has 0 heterocycles. The molecular weight excluding hydrogens is 468 g/mol. The van der Waals surface area contributed by atoms with Gasteiger partial charge in [-0.1, -0.05) is 34.5 Å². The van der Waals surface area contributed by atoms with Crippen LogP contribution in [0.25, 0.3) is 0 Å². The Balaban J connectivity index is 2.71. The number of benzene rings is 2. The third-order valence-corrected chi connectivity index (χ3v) is 6.76. The third kappa shape index (κ3) is 4.49. The number of ether oxygens (including phenoxy) is 1. The van der Waals surface area contributed by atoms with Crippen LogP contribution in [0.15, 0.2) is 44.6 Å². The van der Waals surface area contributed by atoms with Gasteiger partial charge in [-0.3, -0.25) is 0 Å². The van der Waals surface area contributed by atoms with E-state index in [2.05, 4.69) is 20.7 Å². The molecule has 0 spiro atoms. The molecule has 142 valence electrons. The number of sulfone groups is 1. The van der Waals surface area contributed by atoms with Gasteiger partial charge >= 0.3 is 0 Å². The van der Waals surface area contributed by atoms with E-state index in [4.69, 9.17) is 22.1 Å². The zero-order valence-corrected chi connectivity index (χ0v) is 17.8. The highest BCUT2D eigenvalue weighted by Gasteiger charge is 2.26. The second-order valence-electron chi connectivity index (χ2n) is 5.25. The second-order valence-corrected chi connectivity index (χ2v) is 10.3. The molecule has 2 aromatic carbocycles. The maximum Gasteiger partial charge on any atom is 0.242 e. The van der Waals surface area contributed by atoms with Crippen LogP contribution in [-0.4, -0.2) is 29.6 Å². The Morgan fingerprint density at radius 1 is 1.15 bits per heavy atom. The number of nitrogens with one attached hydrogen (secondary N) is 1. The van der Waals surface area contributed by atoms with Crippen LogP contribution in [0.1, 0.15) is 6.92 Å². The Bertz CT molecular complexity index is 1060. The molecule has 3 N–H and O–H groups in total. The number of nitrogens with two attached hydrogens (primary N) is 1. The van der Waals surface area contributed by atoms with E-state index in [0.717, 1.165) is 18.4 Å².